The summed E-state index contributed by atoms with van der Waals surface area (Å²) >= 11 is 5.41. The van der Waals surface area contributed by atoms with Crippen LogP contribution in [0.15, 0.2) is 24.3 Å². The minimum absolute atomic E-state index is 0.0754. The number of nitrogens with one attached hydrogen (secondary N) is 1. The van der Waals surface area contributed by atoms with E-state index in [1.165, 1.54) is 0 Å². The zero-order valence-corrected chi connectivity index (χ0v) is 11.6. The van der Waals surface area contributed by atoms with Crippen LogP contribution in [0.3, 0.4) is 0 Å². The van der Waals surface area contributed by atoms with Gasteiger partial charge in [0, 0.05) is 18.1 Å². The maximum Gasteiger partial charge on any atom is 0.233 e. The van der Waals surface area contributed by atoms with Crippen LogP contribution in [-0.2, 0) is 16.6 Å². The van der Waals surface area contributed by atoms with Crippen LogP contribution < -0.4 is 4.72 Å². The average molecular weight is 277 g/mol. The molecule has 0 heterocycles. The van der Waals surface area contributed by atoms with Crippen LogP contribution in [0.25, 0.3) is 0 Å². The van der Waals surface area contributed by atoms with Gasteiger partial charge in [0.1, 0.15) is 0 Å². The fourth-order valence-corrected chi connectivity index (χ4v) is 2.79. The van der Waals surface area contributed by atoms with Gasteiger partial charge < -0.3 is 4.90 Å². The van der Waals surface area contributed by atoms with E-state index in [1.54, 1.807) is 12.1 Å². The first-order chi connectivity index (χ1) is 7.93. The summed E-state index contributed by atoms with van der Waals surface area (Å²) in [5.74, 6) is 0.0159. The molecule has 0 atom stereocenters. The van der Waals surface area contributed by atoms with E-state index in [4.69, 9.17) is 11.6 Å². The monoisotopic (exact) mass is 276 g/mol. The summed E-state index contributed by atoms with van der Waals surface area (Å²) in [4.78, 5) is 2.05. The fraction of sp³-hybridized carbons (Fsp3) is 0.455. The van der Waals surface area contributed by atoms with E-state index in [2.05, 4.69) is 4.72 Å². The molecule has 0 spiro atoms. The molecule has 6 heteroatoms. The predicted octanol–water partition coefficient (Wildman–Crippen LogP) is 1.73. The molecule has 0 aliphatic rings. The first-order valence-electron chi connectivity index (χ1n) is 5.23. The van der Waals surface area contributed by atoms with Gasteiger partial charge >= 0.3 is 0 Å². The van der Waals surface area contributed by atoms with Crippen LogP contribution in [-0.4, -0.2) is 39.0 Å². The van der Waals surface area contributed by atoms with E-state index in [9.17, 15) is 8.42 Å². The molecule has 0 aliphatic heterocycles. The smallest absolute Gasteiger partial charge is 0.233 e. The Kier molecular flexibility index (Phi) is 5.24. The molecule has 1 rings (SSSR count). The molecule has 0 saturated carbocycles. The van der Waals surface area contributed by atoms with Crippen LogP contribution in [0.2, 0.25) is 0 Å². The number of sulfonamides is 1. The van der Waals surface area contributed by atoms with Gasteiger partial charge in [-0.05, 0) is 31.8 Å². The zero-order valence-electron chi connectivity index (χ0n) is 9.98. The van der Waals surface area contributed by atoms with Gasteiger partial charge in [0.15, 0.2) is 0 Å². The van der Waals surface area contributed by atoms with Gasteiger partial charge in [-0.25, -0.2) is 8.42 Å². The molecule has 1 N–H and O–H groups in total. The topological polar surface area (TPSA) is 49.4 Å². The van der Waals surface area contributed by atoms with Crippen LogP contribution >= 0.6 is 11.6 Å². The van der Waals surface area contributed by atoms with Gasteiger partial charge in [-0.2, -0.15) is 0 Å². The quantitative estimate of drug-likeness (QED) is 0.805. The van der Waals surface area contributed by atoms with E-state index < -0.39 is 10.0 Å². The number of anilines is 1. The van der Waals surface area contributed by atoms with Gasteiger partial charge in [0.05, 0.1) is 5.75 Å². The first-order valence-corrected chi connectivity index (χ1v) is 7.42. The highest BCUT2D eigenvalue weighted by Gasteiger charge is 2.08. The SMILES string of the molecule is CN(C)Cc1ccc(NS(=O)(=O)CCCl)cc1. The molecular weight excluding hydrogens is 260 g/mol. The van der Waals surface area contributed by atoms with Crippen LogP contribution in [0.5, 0.6) is 0 Å². The van der Waals surface area contributed by atoms with Crippen molar-refractivity contribution in [2.75, 3.05) is 30.5 Å². The summed E-state index contributed by atoms with van der Waals surface area (Å²) in [5.41, 5.74) is 1.70. The van der Waals surface area contributed by atoms with Crippen molar-refractivity contribution in [1.82, 2.24) is 4.90 Å². The number of hydrogen-bond donors (Lipinski definition) is 1. The number of rotatable bonds is 6. The van der Waals surface area contributed by atoms with E-state index in [-0.39, 0.29) is 11.6 Å². The van der Waals surface area contributed by atoms with E-state index in [1.807, 2.05) is 31.1 Å². The number of hydrogen-bond acceptors (Lipinski definition) is 3. The Morgan fingerprint density at radius 1 is 1.24 bits per heavy atom. The van der Waals surface area contributed by atoms with Gasteiger partial charge in [-0.1, -0.05) is 12.1 Å². The maximum atomic E-state index is 11.5. The van der Waals surface area contributed by atoms with Crippen LogP contribution in [0, 0.1) is 0 Å². The average Bonchev–Trinajstić information content (AvgIpc) is 2.19. The Bertz CT molecular complexity index is 443. The highest BCUT2D eigenvalue weighted by Crippen LogP contribution is 2.12. The molecule has 0 unspecified atom stereocenters. The molecule has 17 heavy (non-hydrogen) atoms. The second kappa shape index (κ2) is 6.23. The number of nitrogens with zero attached hydrogens (tertiary/aromatic N) is 1. The minimum atomic E-state index is -3.31. The summed E-state index contributed by atoms with van der Waals surface area (Å²) in [6.45, 7) is 0.828. The molecule has 0 bridgehead atoms. The minimum Gasteiger partial charge on any atom is -0.305 e. The van der Waals surface area contributed by atoms with Gasteiger partial charge in [0.2, 0.25) is 10.0 Å². The van der Waals surface area contributed by atoms with Crippen molar-refractivity contribution in [3.8, 4) is 0 Å². The Morgan fingerprint density at radius 2 is 1.82 bits per heavy atom. The van der Waals surface area contributed by atoms with E-state index >= 15 is 0 Å². The third-order valence-corrected chi connectivity index (χ3v) is 3.77. The third kappa shape index (κ3) is 5.39. The van der Waals surface area contributed by atoms with E-state index in [0.29, 0.717) is 5.69 Å². The lowest BCUT2D eigenvalue weighted by molar-refractivity contribution is 0.402. The van der Waals surface area contributed by atoms with Crippen molar-refractivity contribution in [3.05, 3.63) is 29.8 Å². The second-order valence-electron chi connectivity index (χ2n) is 4.04. The normalized spacial score (nSPS) is 11.8. The van der Waals surface area contributed by atoms with Gasteiger partial charge in [-0.15, -0.1) is 11.6 Å². The Labute approximate surface area is 108 Å². The summed E-state index contributed by atoms with van der Waals surface area (Å²) in [7, 11) is 0.653. The van der Waals surface area contributed by atoms with Gasteiger partial charge in [-0.3, -0.25) is 4.72 Å². The maximum absolute atomic E-state index is 11.5. The summed E-state index contributed by atoms with van der Waals surface area (Å²) in [5, 5.41) is 0. The molecule has 0 saturated heterocycles. The molecule has 1 aromatic carbocycles. The zero-order chi connectivity index (χ0) is 12.9. The van der Waals surface area contributed by atoms with Crippen LogP contribution in [0.4, 0.5) is 5.69 Å². The molecule has 1 aromatic rings. The Hall–Kier alpha value is -0.780. The van der Waals surface area contributed by atoms with Crippen molar-refractivity contribution in [1.29, 1.82) is 0 Å². The molecule has 96 valence electrons. The fourth-order valence-electron chi connectivity index (χ4n) is 1.38. The highest BCUT2D eigenvalue weighted by molar-refractivity contribution is 7.92. The molecule has 0 fully saturated rings. The summed E-state index contributed by atoms with van der Waals surface area (Å²) in [6, 6.07) is 7.31. The number of alkyl halides is 1. The van der Waals surface area contributed by atoms with Crippen molar-refractivity contribution in [3.63, 3.8) is 0 Å². The molecule has 0 aliphatic carbocycles. The third-order valence-electron chi connectivity index (χ3n) is 2.07. The highest BCUT2D eigenvalue weighted by atomic mass is 35.5. The lowest BCUT2D eigenvalue weighted by Crippen LogP contribution is -2.17. The Morgan fingerprint density at radius 3 is 2.29 bits per heavy atom. The molecule has 0 amide bonds. The van der Waals surface area contributed by atoms with Gasteiger partial charge in [0.25, 0.3) is 0 Å². The van der Waals surface area contributed by atoms with Crippen LogP contribution in [0.1, 0.15) is 5.56 Å². The van der Waals surface area contributed by atoms with Crippen molar-refractivity contribution < 1.29 is 8.42 Å². The number of halogens is 1. The summed E-state index contributed by atoms with van der Waals surface area (Å²) < 4.78 is 25.4. The lowest BCUT2D eigenvalue weighted by atomic mass is 10.2. The van der Waals surface area contributed by atoms with Crippen molar-refractivity contribution in [2.24, 2.45) is 0 Å². The molecular formula is C11H17ClN2O2S. The first kappa shape index (κ1) is 14.3. The second-order valence-corrected chi connectivity index (χ2v) is 6.26. The standard InChI is InChI=1S/C11H17ClN2O2S/c1-14(2)9-10-3-5-11(6-4-10)13-17(15,16)8-7-12/h3-6,13H,7-9H2,1-2H3. The molecule has 0 radical (unpaired) electrons. The van der Waals surface area contributed by atoms with Crippen molar-refractivity contribution in [2.45, 2.75) is 6.54 Å². The van der Waals surface area contributed by atoms with E-state index in [0.717, 1.165) is 12.1 Å². The number of benzene rings is 1. The predicted molar refractivity (Wildman–Crippen MR) is 72.0 cm³/mol. The molecule has 4 nitrogen and oxygen atoms in total. The summed E-state index contributed by atoms with van der Waals surface area (Å²) in [6.07, 6.45) is 0. The lowest BCUT2D eigenvalue weighted by Gasteiger charge is -2.11. The molecule has 0 aromatic heterocycles. The van der Waals surface area contributed by atoms with Crippen molar-refractivity contribution >= 4 is 27.3 Å². The largest absolute Gasteiger partial charge is 0.305 e. The Balaban J connectivity index is 2.68.